The second kappa shape index (κ2) is 3.21. The Labute approximate surface area is 88.0 Å². The van der Waals surface area contributed by atoms with E-state index in [4.69, 9.17) is 0 Å². The van der Waals surface area contributed by atoms with Crippen LogP contribution in [0.2, 0.25) is 0 Å². The van der Waals surface area contributed by atoms with Crippen LogP contribution in [-0.4, -0.2) is 14.7 Å². The first-order valence-electron chi connectivity index (χ1n) is 5.12. The van der Waals surface area contributed by atoms with Crippen LogP contribution in [0.3, 0.4) is 0 Å². The zero-order valence-electron chi connectivity index (χ0n) is 8.24. The normalized spacial score (nSPS) is 24.1. The molecule has 0 unspecified atom stereocenters. The minimum atomic E-state index is -0.426. The van der Waals surface area contributed by atoms with E-state index in [0.29, 0.717) is 0 Å². The summed E-state index contributed by atoms with van der Waals surface area (Å²) in [5, 5.41) is 9.82. The molecule has 1 aromatic heterocycles. The zero-order valence-corrected chi connectivity index (χ0v) is 8.24. The molecular weight excluding hydrogens is 188 g/mol. The lowest BCUT2D eigenvalue weighted by Crippen LogP contribution is -2.03. The summed E-state index contributed by atoms with van der Waals surface area (Å²) in [6.07, 6.45) is 3.98. The van der Waals surface area contributed by atoms with Gasteiger partial charge in [-0.3, -0.25) is 0 Å². The van der Waals surface area contributed by atoms with E-state index in [2.05, 4.69) is 21.7 Å². The van der Waals surface area contributed by atoms with Gasteiger partial charge in [-0.25, -0.2) is 4.98 Å². The van der Waals surface area contributed by atoms with Crippen molar-refractivity contribution in [2.45, 2.75) is 18.6 Å². The first kappa shape index (κ1) is 8.68. The average molecular weight is 200 g/mol. The monoisotopic (exact) mass is 200 g/mol. The quantitative estimate of drug-likeness (QED) is 0.763. The Morgan fingerprint density at radius 3 is 2.87 bits per heavy atom. The summed E-state index contributed by atoms with van der Waals surface area (Å²) in [5.74, 6) is 0.781. The summed E-state index contributed by atoms with van der Waals surface area (Å²) < 4.78 is 2.06. The highest BCUT2D eigenvalue weighted by molar-refractivity contribution is 5.24. The highest BCUT2D eigenvalue weighted by Gasteiger charge is 2.30. The Balaban J connectivity index is 2.05. The molecule has 1 aliphatic rings. The summed E-state index contributed by atoms with van der Waals surface area (Å²) >= 11 is 0. The van der Waals surface area contributed by atoms with Crippen molar-refractivity contribution in [1.29, 1.82) is 0 Å². The molecular formula is C12H12N2O. The second-order valence-corrected chi connectivity index (χ2v) is 3.87. The molecule has 0 radical (unpaired) electrons. The molecule has 0 spiro atoms. The minimum Gasteiger partial charge on any atom is -0.385 e. The van der Waals surface area contributed by atoms with Crippen LogP contribution in [0.4, 0.5) is 0 Å². The number of fused-ring (bicyclic) bond motifs is 1. The van der Waals surface area contributed by atoms with Crippen LogP contribution in [0.25, 0.3) is 0 Å². The lowest BCUT2D eigenvalue weighted by Gasteiger charge is -2.12. The lowest BCUT2D eigenvalue weighted by molar-refractivity contribution is 0.172. The molecule has 0 bridgehead atoms. The first-order chi connectivity index (χ1) is 7.36. The van der Waals surface area contributed by atoms with Crippen molar-refractivity contribution in [2.75, 3.05) is 0 Å². The topological polar surface area (TPSA) is 38.0 Å². The number of benzene rings is 1. The number of imidazole rings is 1. The third-order valence-corrected chi connectivity index (χ3v) is 2.96. The maximum Gasteiger partial charge on any atom is 0.138 e. The molecule has 2 heterocycles. The van der Waals surface area contributed by atoms with Gasteiger partial charge < -0.3 is 9.67 Å². The fourth-order valence-corrected chi connectivity index (χ4v) is 2.25. The van der Waals surface area contributed by atoms with Crippen LogP contribution < -0.4 is 0 Å². The smallest absolute Gasteiger partial charge is 0.138 e. The standard InChI is InChI=1S/C12H12N2O/c15-11-8-10(9-4-2-1-3-5-9)14-7-6-13-12(11)14/h1-7,10-11,15H,8H2/t10-,11+/m1/s1. The Morgan fingerprint density at radius 2 is 2.07 bits per heavy atom. The number of hydrogen-bond acceptors (Lipinski definition) is 2. The molecule has 0 aliphatic carbocycles. The Morgan fingerprint density at radius 1 is 1.27 bits per heavy atom. The van der Waals surface area contributed by atoms with E-state index in [1.54, 1.807) is 6.20 Å². The van der Waals surface area contributed by atoms with Gasteiger partial charge in [-0.2, -0.15) is 0 Å². The van der Waals surface area contributed by atoms with E-state index in [0.717, 1.165) is 12.2 Å². The van der Waals surface area contributed by atoms with Crippen LogP contribution in [0.5, 0.6) is 0 Å². The third kappa shape index (κ3) is 1.27. The molecule has 15 heavy (non-hydrogen) atoms. The highest BCUT2D eigenvalue weighted by atomic mass is 16.3. The Hall–Kier alpha value is -1.61. The van der Waals surface area contributed by atoms with Gasteiger partial charge in [0.1, 0.15) is 11.9 Å². The van der Waals surface area contributed by atoms with Gasteiger partial charge in [-0.05, 0) is 5.56 Å². The van der Waals surface area contributed by atoms with E-state index in [9.17, 15) is 5.11 Å². The Bertz CT molecular complexity index is 463. The SMILES string of the molecule is O[C@H]1C[C@H](c2ccccc2)n2ccnc21. The molecule has 3 rings (SSSR count). The van der Waals surface area contributed by atoms with Crippen LogP contribution in [-0.2, 0) is 0 Å². The van der Waals surface area contributed by atoms with Crippen LogP contribution in [0, 0.1) is 0 Å². The molecule has 2 atom stereocenters. The van der Waals surface area contributed by atoms with Crippen molar-refractivity contribution >= 4 is 0 Å². The van der Waals surface area contributed by atoms with Gasteiger partial charge in [0.2, 0.25) is 0 Å². The van der Waals surface area contributed by atoms with Crippen molar-refractivity contribution in [1.82, 2.24) is 9.55 Å². The fraction of sp³-hybridized carbons (Fsp3) is 0.250. The number of aromatic nitrogens is 2. The summed E-state index contributed by atoms with van der Waals surface area (Å²) in [5.41, 5.74) is 1.23. The highest BCUT2D eigenvalue weighted by Crippen LogP contribution is 2.36. The maximum absolute atomic E-state index is 9.82. The van der Waals surface area contributed by atoms with Crippen LogP contribution in [0.1, 0.15) is 30.0 Å². The minimum absolute atomic E-state index is 0.235. The molecule has 3 nitrogen and oxygen atoms in total. The third-order valence-electron chi connectivity index (χ3n) is 2.96. The van der Waals surface area contributed by atoms with Crippen molar-refractivity contribution in [2.24, 2.45) is 0 Å². The summed E-state index contributed by atoms with van der Waals surface area (Å²) in [6.45, 7) is 0. The molecule has 0 fully saturated rings. The molecule has 0 amide bonds. The van der Waals surface area contributed by atoms with Gasteiger partial charge in [0.25, 0.3) is 0 Å². The van der Waals surface area contributed by atoms with E-state index in [1.165, 1.54) is 5.56 Å². The molecule has 2 aromatic rings. The van der Waals surface area contributed by atoms with Crippen LogP contribution >= 0.6 is 0 Å². The Kier molecular flexibility index (Phi) is 1.86. The average Bonchev–Trinajstić information content (AvgIpc) is 2.84. The predicted octanol–water partition coefficient (Wildman–Crippen LogP) is 1.91. The maximum atomic E-state index is 9.82. The van der Waals surface area contributed by atoms with Crippen LogP contribution in [0.15, 0.2) is 42.7 Å². The van der Waals surface area contributed by atoms with E-state index in [-0.39, 0.29) is 6.04 Å². The van der Waals surface area contributed by atoms with E-state index < -0.39 is 6.10 Å². The number of nitrogens with zero attached hydrogens (tertiary/aromatic N) is 2. The molecule has 1 aromatic carbocycles. The number of aliphatic hydroxyl groups is 1. The van der Waals surface area contributed by atoms with Gasteiger partial charge >= 0.3 is 0 Å². The molecule has 3 heteroatoms. The van der Waals surface area contributed by atoms with Gasteiger partial charge in [0, 0.05) is 18.8 Å². The van der Waals surface area contributed by atoms with Gasteiger partial charge in [-0.1, -0.05) is 30.3 Å². The number of hydrogen-bond donors (Lipinski definition) is 1. The lowest BCUT2D eigenvalue weighted by atomic mass is 10.0. The van der Waals surface area contributed by atoms with Gasteiger partial charge in [0.15, 0.2) is 0 Å². The van der Waals surface area contributed by atoms with E-state index >= 15 is 0 Å². The van der Waals surface area contributed by atoms with E-state index in [1.807, 2.05) is 24.4 Å². The van der Waals surface area contributed by atoms with Crippen molar-refractivity contribution in [3.05, 3.63) is 54.1 Å². The predicted molar refractivity (Wildman–Crippen MR) is 56.4 cm³/mol. The largest absolute Gasteiger partial charge is 0.385 e. The first-order valence-corrected chi connectivity index (χ1v) is 5.12. The summed E-state index contributed by atoms with van der Waals surface area (Å²) in [6, 6.07) is 10.5. The van der Waals surface area contributed by atoms with Gasteiger partial charge in [0.05, 0.1) is 6.04 Å². The van der Waals surface area contributed by atoms with Crippen molar-refractivity contribution in [3.63, 3.8) is 0 Å². The molecule has 1 N–H and O–H groups in total. The molecule has 0 saturated heterocycles. The second-order valence-electron chi connectivity index (χ2n) is 3.87. The van der Waals surface area contributed by atoms with Crippen molar-refractivity contribution < 1.29 is 5.11 Å². The molecule has 1 aliphatic heterocycles. The fourth-order valence-electron chi connectivity index (χ4n) is 2.25. The van der Waals surface area contributed by atoms with Gasteiger partial charge in [-0.15, -0.1) is 0 Å². The molecule has 76 valence electrons. The zero-order chi connectivity index (χ0) is 10.3. The number of aliphatic hydroxyl groups excluding tert-OH is 1. The number of rotatable bonds is 1. The summed E-state index contributed by atoms with van der Waals surface area (Å²) in [7, 11) is 0. The van der Waals surface area contributed by atoms with Crippen molar-refractivity contribution in [3.8, 4) is 0 Å². The summed E-state index contributed by atoms with van der Waals surface area (Å²) in [4.78, 5) is 4.17. The molecule has 0 saturated carbocycles.